The zero-order valence-corrected chi connectivity index (χ0v) is 25.3. The number of halogens is 2. The molecule has 0 saturated carbocycles. The Kier molecular flexibility index (Phi) is 6.71. The minimum absolute atomic E-state index is 0.478. The van der Waals surface area contributed by atoms with E-state index >= 15 is 0 Å². The normalized spacial score (nSPS) is 12.6. The predicted octanol–water partition coefficient (Wildman–Crippen LogP) is 10.6. The quantitative estimate of drug-likeness (QED) is 0.167. The summed E-state index contributed by atoms with van der Waals surface area (Å²) in [6.07, 6.45) is 0. The Hall–Kier alpha value is -4.16. The Morgan fingerprint density at radius 1 is 0.488 bits per heavy atom. The first kappa shape index (κ1) is 25.8. The highest BCUT2D eigenvalue weighted by Gasteiger charge is 2.47. The summed E-state index contributed by atoms with van der Waals surface area (Å²) in [7, 11) is 0. The van der Waals surface area contributed by atoms with Gasteiger partial charge in [-0.1, -0.05) is 153 Å². The molecule has 0 spiro atoms. The Balaban J connectivity index is 1.51. The van der Waals surface area contributed by atoms with Crippen molar-refractivity contribution in [2.75, 3.05) is 0 Å². The molecule has 1 aliphatic carbocycles. The summed E-state index contributed by atoms with van der Waals surface area (Å²) in [6.45, 7) is 0. The maximum atomic E-state index is 3.98. The van der Waals surface area contributed by atoms with Gasteiger partial charge in [-0.15, -0.1) is 0 Å². The fourth-order valence-electron chi connectivity index (χ4n) is 6.20. The van der Waals surface area contributed by atoms with Crippen LogP contribution in [0.1, 0.15) is 33.4 Å². The summed E-state index contributed by atoms with van der Waals surface area (Å²) in [6, 6.07) is 51.8. The number of rotatable bonds is 3. The Morgan fingerprint density at radius 2 is 1.12 bits per heavy atom. The van der Waals surface area contributed by atoms with E-state index in [9.17, 15) is 0 Å². The smallest absolute Gasteiger partial charge is 0.0622 e. The fourth-order valence-corrected chi connectivity index (χ4v) is 7.22. The van der Waals surface area contributed by atoms with Gasteiger partial charge in [-0.05, 0) is 80.9 Å². The van der Waals surface area contributed by atoms with Crippen LogP contribution in [0, 0.1) is 11.8 Å². The molecule has 0 bridgehead atoms. The summed E-state index contributed by atoms with van der Waals surface area (Å²) in [5.41, 5.74) is 11.3. The molecule has 0 unspecified atom stereocenters. The molecule has 0 aromatic heterocycles. The summed E-state index contributed by atoms with van der Waals surface area (Å²) in [5, 5.41) is 0. The lowest BCUT2D eigenvalue weighted by atomic mass is 9.67. The van der Waals surface area contributed by atoms with E-state index in [-0.39, 0.29) is 0 Å². The third-order valence-corrected chi connectivity index (χ3v) is 9.08. The summed E-state index contributed by atoms with van der Waals surface area (Å²) < 4.78 is 2.12. The number of hydrogen-bond acceptors (Lipinski definition) is 0. The van der Waals surface area contributed by atoms with Gasteiger partial charge in [0.2, 0.25) is 0 Å². The molecule has 0 N–H and O–H groups in total. The average Bonchev–Trinajstić information content (AvgIpc) is 3.33. The van der Waals surface area contributed by atoms with E-state index in [1.807, 2.05) is 30.3 Å². The third kappa shape index (κ3) is 4.38. The van der Waals surface area contributed by atoms with Crippen molar-refractivity contribution in [3.05, 3.63) is 188 Å². The van der Waals surface area contributed by atoms with Crippen LogP contribution < -0.4 is 0 Å². The monoisotopic (exact) mass is 650 g/mol. The van der Waals surface area contributed by atoms with Crippen LogP contribution in [0.4, 0.5) is 0 Å². The van der Waals surface area contributed by atoms with Crippen molar-refractivity contribution in [3.63, 3.8) is 0 Å². The highest BCUT2D eigenvalue weighted by atomic mass is 79.9. The van der Waals surface area contributed by atoms with Gasteiger partial charge in [0, 0.05) is 20.1 Å². The van der Waals surface area contributed by atoms with E-state index in [0.717, 1.165) is 31.2 Å². The topological polar surface area (TPSA) is 0 Å². The van der Waals surface area contributed by atoms with Crippen molar-refractivity contribution < 1.29 is 0 Å². The van der Waals surface area contributed by atoms with Gasteiger partial charge < -0.3 is 0 Å². The molecular weight excluding hydrogens is 628 g/mol. The second-order valence-electron chi connectivity index (χ2n) is 10.2. The minimum atomic E-state index is -0.478. The molecular formula is C39H24Br2. The van der Waals surface area contributed by atoms with Gasteiger partial charge in [0.15, 0.2) is 0 Å². The van der Waals surface area contributed by atoms with Gasteiger partial charge in [-0.25, -0.2) is 0 Å². The molecule has 0 amide bonds. The lowest BCUT2D eigenvalue weighted by molar-refractivity contribution is 0.764. The highest BCUT2D eigenvalue weighted by molar-refractivity contribution is 9.10. The Labute approximate surface area is 258 Å². The fraction of sp³-hybridized carbons (Fsp3) is 0.0256. The molecule has 194 valence electrons. The second kappa shape index (κ2) is 10.7. The van der Waals surface area contributed by atoms with Crippen LogP contribution in [0.3, 0.4) is 0 Å². The van der Waals surface area contributed by atoms with Crippen molar-refractivity contribution in [1.82, 2.24) is 0 Å². The van der Waals surface area contributed by atoms with Crippen LogP contribution in [0.15, 0.2) is 155 Å². The maximum Gasteiger partial charge on any atom is 0.0724 e. The summed E-state index contributed by atoms with van der Waals surface area (Å²) in [5.74, 6) is 6.82. The standard InChI is InChI=1S/C39H24Br2/c40-32-22-24-33(28(25-32)20-19-27-11-4-1-5-12-27)29-21-23-34-35-17-10-18-37(41)38(35)39(36(34)26-29,30-13-6-2-7-14-30)31-15-8-3-9-16-31/h1-18,21-26H. The van der Waals surface area contributed by atoms with Gasteiger partial charge in [0.1, 0.15) is 0 Å². The van der Waals surface area contributed by atoms with Gasteiger partial charge in [-0.3, -0.25) is 0 Å². The first-order chi connectivity index (χ1) is 20.2. The zero-order chi connectivity index (χ0) is 27.8. The van der Waals surface area contributed by atoms with Crippen molar-refractivity contribution >= 4 is 31.9 Å². The molecule has 0 aliphatic heterocycles. The van der Waals surface area contributed by atoms with E-state index < -0.39 is 5.41 Å². The average molecular weight is 652 g/mol. The van der Waals surface area contributed by atoms with E-state index in [1.165, 1.54) is 33.4 Å². The van der Waals surface area contributed by atoms with Gasteiger partial charge in [0.25, 0.3) is 0 Å². The molecule has 6 aromatic carbocycles. The molecule has 0 heterocycles. The third-order valence-electron chi connectivity index (χ3n) is 7.92. The molecule has 7 rings (SSSR count). The van der Waals surface area contributed by atoms with Gasteiger partial charge >= 0.3 is 0 Å². The summed E-state index contributed by atoms with van der Waals surface area (Å²) in [4.78, 5) is 0. The molecule has 0 nitrogen and oxygen atoms in total. The van der Waals surface area contributed by atoms with Crippen molar-refractivity contribution in [2.24, 2.45) is 0 Å². The number of benzene rings is 6. The minimum Gasteiger partial charge on any atom is -0.0622 e. The zero-order valence-electron chi connectivity index (χ0n) is 22.1. The summed E-state index contributed by atoms with van der Waals surface area (Å²) >= 11 is 7.66. The lowest BCUT2D eigenvalue weighted by Crippen LogP contribution is -2.29. The van der Waals surface area contributed by atoms with Crippen LogP contribution in [-0.2, 0) is 5.41 Å². The molecule has 2 heteroatoms. The second-order valence-corrected chi connectivity index (χ2v) is 12.0. The van der Waals surface area contributed by atoms with Crippen molar-refractivity contribution in [1.29, 1.82) is 0 Å². The Bertz CT molecular complexity index is 1910. The highest BCUT2D eigenvalue weighted by Crippen LogP contribution is 2.58. The van der Waals surface area contributed by atoms with Crippen LogP contribution >= 0.6 is 31.9 Å². The predicted molar refractivity (Wildman–Crippen MR) is 177 cm³/mol. The van der Waals surface area contributed by atoms with Gasteiger partial charge in [0.05, 0.1) is 5.41 Å². The number of hydrogen-bond donors (Lipinski definition) is 0. The van der Waals surface area contributed by atoms with Crippen molar-refractivity contribution in [3.8, 4) is 34.1 Å². The molecule has 0 fully saturated rings. The van der Waals surface area contributed by atoms with Gasteiger partial charge in [-0.2, -0.15) is 0 Å². The molecule has 6 aromatic rings. The lowest BCUT2D eigenvalue weighted by Gasteiger charge is -2.34. The maximum absolute atomic E-state index is 3.98. The van der Waals surface area contributed by atoms with E-state index in [2.05, 4.69) is 159 Å². The molecule has 0 saturated heterocycles. The van der Waals surface area contributed by atoms with Crippen LogP contribution in [0.25, 0.3) is 22.3 Å². The first-order valence-corrected chi connectivity index (χ1v) is 15.2. The van der Waals surface area contributed by atoms with E-state index in [1.54, 1.807) is 0 Å². The molecule has 41 heavy (non-hydrogen) atoms. The van der Waals surface area contributed by atoms with Crippen LogP contribution in [0.2, 0.25) is 0 Å². The Morgan fingerprint density at radius 3 is 1.80 bits per heavy atom. The van der Waals surface area contributed by atoms with E-state index in [4.69, 9.17) is 0 Å². The number of fused-ring (bicyclic) bond motifs is 3. The largest absolute Gasteiger partial charge is 0.0724 e. The first-order valence-electron chi connectivity index (χ1n) is 13.6. The SMILES string of the molecule is Brc1ccc(-c2ccc3c(c2)C(c2ccccc2)(c2ccccc2)c2c(Br)cccc2-3)c(C#Cc2ccccc2)c1. The molecule has 1 aliphatic rings. The van der Waals surface area contributed by atoms with E-state index in [0.29, 0.717) is 0 Å². The molecule has 0 atom stereocenters. The molecule has 0 radical (unpaired) electrons. The van der Waals surface area contributed by atoms with Crippen LogP contribution in [0.5, 0.6) is 0 Å². The van der Waals surface area contributed by atoms with Crippen molar-refractivity contribution in [2.45, 2.75) is 5.41 Å². The van der Waals surface area contributed by atoms with Crippen LogP contribution in [-0.4, -0.2) is 0 Å².